The van der Waals surface area contributed by atoms with Crippen molar-refractivity contribution in [3.8, 4) is 0 Å². The monoisotopic (exact) mass is 326 g/mol. The minimum absolute atomic E-state index is 0.0610. The Labute approximate surface area is 143 Å². The van der Waals surface area contributed by atoms with Crippen LogP contribution in [-0.4, -0.2) is 29.8 Å². The molecule has 4 nitrogen and oxygen atoms in total. The van der Waals surface area contributed by atoms with Gasteiger partial charge < -0.3 is 15.7 Å². The number of hydrogen-bond donors (Lipinski definition) is 3. The molecule has 0 aliphatic rings. The summed E-state index contributed by atoms with van der Waals surface area (Å²) in [7, 11) is 0. The molecule has 128 valence electrons. The number of carbonyl (C=O) groups excluding carboxylic acids is 1. The standard InChI is InChI=1S/C20H26N2O2/c1-15(13-14-23)21-20(24)22-16(2)19(17-9-5-3-6-10-17)18-11-7-4-8-12-18/h3-12,15-16,19,23H,13-14H2,1-2H3,(H2,21,22,24)/t15-,16?/m1/s1. The number of carbonyl (C=O) groups is 1. The van der Waals surface area contributed by atoms with E-state index in [1.807, 2.05) is 50.2 Å². The van der Waals surface area contributed by atoms with Crippen molar-refractivity contribution < 1.29 is 9.90 Å². The molecule has 0 heterocycles. The van der Waals surface area contributed by atoms with E-state index < -0.39 is 0 Å². The van der Waals surface area contributed by atoms with Gasteiger partial charge >= 0.3 is 6.03 Å². The fourth-order valence-corrected chi connectivity index (χ4v) is 2.91. The maximum atomic E-state index is 12.2. The zero-order valence-corrected chi connectivity index (χ0v) is 14.3. The highest BCUT2D eigenvalue weighted by atomic mass is 16.3. The van der Waals surface area contributed by atoms with E-state index in [2.05, 4.69) is 34.9 Å². The third kappa shape index (κ3) is 5.10. The van der Waals surface area contributed by atoms with Gasteiger partial charge in [-0.05, 0) is 31.4 Å². The summed E-state index contributed by atoms with van der Waals surface area (Å²) >= 11 is 0. The Morgan fingerprint density at radius 1 is 0.917 bits per heavy atom. The fraction of sp³-hybridized carbons (Fsp3) is 0.350. The van der Waals surface area contributed by atoms with Gasteiger partial charge in [0.15, 0.2) is 0 Å². The molecular formula is C20H26N2O2. The molecule has 0 saturated heterocycles. The van der Waals surface area contributed by atoms with E-state index >= 15 is 0 Å². The molecule has 3 N–H and O–H groups in total. The molecule has 0 spiro atoms. The molecule has 0 radical (unpaired) electrons. The molecule has 2 aromatic rings. The predicted molar refractivity (Wildman–Crippen MR) is 97.0 cm³/mol. The lowest BCUT2D eigenvalue weighted by atomic mass is 9.86. The molecule has 2 atom stereocenters. The van der Waals surface area contributed by atoms with Crippen LogP contribution in [0.5, 0.6) is 0 Å². The summed E-state index contributed by atoms with van der Waals surface area (Å²) in [5.41, 5.74) is 2.33. The number of rotatable bonds is 7. The van der Waals surface area contributed by atoms with Crippen LogP contribution >= 0.6 is 0 Å². The molecule has 24 heavy (non-hydrogen) atoms. The second-order valence-electron chi connectivity index (χ2n) is 6.12. The summed E-state index contributed by atoms with van der Waals surface area (Å²) in [5, 5.41) is 14.8. The smallest absolute Gasteiger partial charge is 0.315 e. The lowest BCUT2D eigenvalue weighted by molar-refractivity contribution is 0.227. The van der Waals surface area contributed by atoms with Crippen LogP contribution in [0, 0.1) is 0 Å². The van der Waals surface area contributed by atoms with Gasteiger partial charge in [-0.1, -0.05) is 60.7 Å². The molecule has 1 unspecified atom stereocenters. The Hall–Kier alpha value is -2.33. The number of aliphatic hydroxyl groups excluding tert-OH is 1. The van der Waals surface area contributed by atoms with Crippen molar-refractivity contribution in [1.82, 2.24) is 10.6 Å². The van der Waals surface area contributed by atoms with Crippen LogP contribution in [0.3, 0.4) is 0 Å². The van der Waals surface area contributed by atoms with Gasteiger partial charge in [0.05, 0.1) is 0 Å². The summed E-state index contributed by atoms with van der Waals surface area (Å²) < 4.78 is 0. The number of benzene rings is 2. The van der Waals surface area contributed by atoms with Crippen molar-refractivity contribution in [2.24, 2.45) is 0 Å². The van der Waals surface area contributed by atoms with Crippen molar-refractivity contribution in [1.29, 1.82) is 0 Å². The lowest BCUT2D eigenvalue weighted by Crippen LogP contribution is -2.46. The molecule has 0 saturated carbocycles. The van der Waals surface area contributed by atoms with Crippen molar-refractivity contribution in [2.45, 2.75) is 38.3 Å². The largest absolute Gasteiger partial charge is 0.396 e. The Morgan fingerprint density at radius 3 is 1.88 bits per heavy atom. The maximum absolute atomic E-state index is 12.2. The Bertz CT molecular complexity index is 577. The lowest BCUT2D eigenvalue weighted by Gasteiger charge is -2.27. The van der Waals surface area contributed by atoms with Crippen LogP contribution in [0.4, 0.5) is 4.79 Å². The van der Waals surface area contributed by atoms with Crippen LogP contribution in [0.15, 0.2) is 60.7 Å². The Morgan fingerprint density at radius 2 is 1.42 bits per heavy atom. The quantitative estimate of drug-likeness (QED) is 0.731. The first-order valence-electron chi connectivity index (χ1n) is 8.39. The first-order chi connectivity index (χ1) is 11.6. The van der Waals surface area contributed by atoms with Gasteiger partial charge in [0.2, 0.25) is 0 Å². The summed E-state index contributed by atoms with van der Waals surface area (Å²) in [5.74, 6) is 0.0753. The van der Waals surface area contributed by atoms with Gasteiger partial charge in [-0.2, -0.15) is 0 Å². The first-order valence-corrected chi connectivity index (χ1v) is 8.39. The number of nitrogens with one attached hydrogen (secondary N) is 2. The third-order valence-electron chi connectivity index (χ3n) is 4.12. The normalized spacial score (nSPS) is 13.3. The summed E-state index contributed by atoms with van der Waals surface area (Å²) in [4.78, 5) is 12.2. The van der Waals surface area contributed by atoms with Crippen LogP contribution in [0.1, 0.15) is 37.3 Å². The number of aliphatic hydroxyl groups is 1. The third-order valence-corrected chi connectivity index (χ3v) is 4.12. The Kier molecular flexibility index (Phi) is 6.82. The van der Waals surface area contributed by atoms with Crippen molar-refractivity contribution in [2.75, 3.05) is 6.61 Å². The number of urea groups is 1. The van der Waals surface area contributed by atoms with Crippen LogP contribution < -0.4 is 10.6 Å². The van der Waals surface area contributed by atoms with Crippen LogP contribution in [0.25, 0.3) is 0 Å². The topological polar surface area (TPSA) is 61.4 Å². The molecule has 0 aromatic heterocycles. The fourth-order valence-electron chi connectivity index (χ4n) is 2.91. The molecule has 4 heteroatoms. The van der Waals surface area contributed by atoms with Crippen LogP contribution in [-0.2, 0) is 0 Å². The highest BCUT2D eigenvalue weighted by Gasteiger charge is 2.23. The average Bonchev–Trinajstić information content (AvgIpc) is 2.57. The highest BCUT2D eigenvalue weighted by Crippen LogP contribution is 2.27. The van der Waals surface area contributed by atoms with Gasteiger partial charge in [-0.25, -0.2) is 4.79 Å². The molecule has 0 aliphatic heterocycles. The highest BCUT2D eigenvalue weighted by molar-refractivity contribution is 5.74. The Balaban J connectivity index is 2.14. The van der Waals surface area contributed by atoms with E-state index in [0.717, 1.165) is 0 Å². The summed E-state index contributed by atoms with van der Waals surface area (Å²) in [6, 6.07) is 20.0. The molecular weight excluding hydrogens is 300 g/mol. The second-order valence-corrected chi connectivity index (χ2v) is 6.12. The minimum Gasteiger partial charge on any atom is -0.396 e. The van der Waals surface area contributed by atoms with Crippen molar-refractivity contribution in [3.63, 3.8) is 0 Å². The van der Waals surface area contributed by atoms with E-state index in [0.29, 0.717) is 6.42 Å². The zero-order valence-electron chi connectivity index (χ0n) is 14.3. The second kappa shape index (κ2) is 9.08. The van der Waals surface area contributed by atoms with Gasteiger partial charge in [0, 0.05) is 24.6 Å². The predicted octanol–water partition coefficient (Wildman–Crippen LogP) is 3.28. The zero-order chi connectivity index (χ0) is 17.4. The molecule has 2 rings (SSSR count). The van der Waals surface area contributed by atoms with Crippen LogP contribution in [0.2, 0.25) is 0 Å². The maximum Gasteiger partial charge on any atom is 0.315 e. The SMILES string of the molecule is CC(NC(=O)N[C@H](C)CCO)C(c1ccccc1)c1ccccc1. The molecule has 2 aromatic carbocycles. The van der Waals surface area contributed by atoms with Gasteiger partial charge in [0.25, 0.3) is 0 Å². The van der Waals surface area contributed by atoms with E-state index in [1.54, 1.807) is 0 Å². The first kappa shape index (κ1) is 18.0. The minimum atomic E-state index is -0.208. The van der Waals surface area contributed by atoms with Crippen molar-refractivity contribution in [3.05, 3.63) is 71.8 Å². The number of amides is 2. The summed E-state index contributed by atoms with van der Waals surface area (Å²) in [6.45, 7) is 3.96. The van der Waals surface area contributed by atoms with Gasteiger partial charge in [-0.3, -0.25) is 0 Å². The van der Waals surface area contributed by atoms with E-state index in [-0.39, 0.29) is 30.6 Å². The molecule has 0 aliphatic carbocycles. The molecule has 0 bridgehead atoms. The van der Waals surface area contributed by atoms with E-state index in [1.165, 1.54) is 11.1 Å². The molecule has 0 fully saturated rings. The van der Waals surface area contributed by atoms with Gasteiger partial charge in [0.1, 0.15) is 0 Å². The average molecular weight is 326 g/mol. The van der Waals surface area contributed by atoms with E-state index in [4.69, 9.17) is 5.11 Å². The van der Waals surface area contributed by atoms with Gasteiger partial charge in [-0.15, -0.1) is 0 Å². The van der Waals surface area contributed by atoms with Crippen molar-refractivity contribution >= 4 is 6.03 Å². The number of hydrogen-bond acceptors (Lipinski definition) is 2. The van der Waals surface area contributed by atoms with E-state index in [9.17, 15) is 4.79 Å². The molecule has 2 amide bonds. The summed E-state index contributed by atoms with van der Waals surface area (Å²) in [6.07, 6.45) is 0.544.